The highest BCUT2D eigenvalue weighted by Gasteiger charge is 2.15. The molecule has 0 aliphatic heterocycles. The number of nitrogens with one attached hydrogen (secondary N) is 1. The fraction of sp³-hybridized carbons (Fsp3) is 0.438. The van der Waals surface area contributed by atoms with Crippen molar-refractivity contribution in [2.75, 3.05) is 20.8 Å². The zero-order valence-corrected chi connectivity index (χ0v) is 13.6. The number of amides is 1. The fourth-order valence-electron chi connectivity index (χ4n) is 1.67. The minimum absolute atomic E-state index is 0.0321. The molecule has 1 amide bonds. The van der Waals surface area contributed by atoms with Crippen LogP contribution in [0.2, 0.25) is 0 Å². The zero-order valence-electron chi connectivity index (χ0n) is 13.6. The van der Waals surface area contributed by atoms with Crippen LogP contribution in [-0.4, -0.2) is 37.6 Å². The molecule has 1 aromatic carbocycles. The number of benzene rings is 1. The molecule has 22 heavy (non-hydrogen) atoms. The minimum atomic E-state index is -0.536. The number of methoxy groups -OCH3 is 2. The summed E-state index contributed by atoms with van der Waals surface area (Å²) >= 11 is 0. The number of phenols is 1. The number of ether oxygens (including phenoxy) is 3. The molecular formula is C16H23NO5. The van der Waals surface area contributed by atoms with Crippen LogP contribution in [0.4, 0.5) is 4.79 Å². The maximum atomic E-state index is 11.5. The lowest BCUT2D eigenvalue weighted by atomic mass is 10.1. The van der Waals surface area contributed by atoms with Gasteiger partial charge in [0.1, 0.15) is 22.8 Å². The topological polar surface area (TPSA) is 77.0 Å². The van der Waals surface area contributed by atoms with E-state index in [2.05, 4.69) is 5.32 Å². The summed E-state index contributed by atoms with van der Waals surface area (Å²) in [6.45, 7) is 5.65. The maximum absolute atomic E-state index is 11.5. The standard InChI is InChI=1S/C16H23NO5/c1-16(2,3)22-15(19)17-8-6-7-12-13(18)9-11(20-4)10-14(12)21-5/h6-7,9-10,18H,8H2,1-5H3,(H,17,19). The molecule has 0 unspecified atom stereocenters. The van der Waals surface area contributed by atoms with Crippen molar-refractivity contribution in [2.24, 2.45) is 0 Å². The van der Waals surface area contributed by atoms with Crippen LogP contribution in [0.1, 0.15) is 26.3 Å². The molecule has 2 N–H and O–H groups in total. The summed E-state index contributed by atoms with van der Waals surface area (Å²) in [5, 5.41) is 12.6. The number of hydrogen-bond acceptors (Lipinski definition) is 5. The summed E-state index contributed by atoms with van der Waals surface area (Å²) < 4.78 is 15.4. The molecule has 6 heteroatoms. The van der Waals surface area contributed by atoms with Crippen molar-refractivity contribution < 1.29 is 24.1 Å². The van der Waals surface area contributed by atoms with Gasteiger partial charge in [0, 0.05) is 18.7 Å². The highest BCUT2D eigenvalue weighted by molar-refractivity contribution is 5.69. The van der Waals surface area contributed by atoms with Gasteiger partial charge in [-0.2, -0.15) is 0 Å². The van der Waals surface area contributed by atoms with Crippen molar-refractivity contribution in [1.29, 1.82) is 0 Å². The van der Waals surface area contributed by atoms with Crippen molar-refractivity contribution >= 4 is 12.2 Å². The highest BCUT2D eigenvalue weighted by Crippen LogP contribution is 2.34. The number of aromatic hydroxyl groups is 1. The Hall–Kier alpha value is -2.37. The van der Waals surface area contributed by atoms with E-state index in [0.29, 0.717) is 17.1 Å². The van der Waals surface area contributed by atoms with Crippen molar-refractivity contribution in [3.05, 3.63) is 23.8 Å². The Kier molecular flexibility index (Phi) is 6.10. The van der Waals surface area contributed by atoms with Gasteiger partial charge in [-0.05, 0) is 26.8 Å². The van der Waals surface area contributed by atoms with Crippen molar-refractivity contribution in [3.8, 4) is 17.2 Å². The van der Waals surface area contributed by atoms with E-state index in [1.807, 2.05) is 0 Å². The lowest BCUT2D eigenvalue weighted by Gasteiger charge is -2.19. The molecule has 0 fully saturated rings. The van der Waals surface area contributed by atoms with E-state index in [9.17, 15) is 9.90 Å². The van der Waals surface area contributed by atoms with Crippen LogP contribution in [0.5, 0.6) is 17.2 Å². The third-order valence-electron chi connectivity index (χ3n) is 2.60. The monoisotopic (exact) mass is 309 g/mol. The van der Waals surface area contributed by atoms with Gasteiger partial charge in [0.15, 0.2) is 0 Å². The molecule has 0 saturated carbocycles. The minimum Gasteiger partial charge on any atom is -0.507 e. The van der Waals surface area contributed by atoms with Crippen LogP contribution < -0.4 is 14.8 Å². The van der Waals surface area contributed by atoms with E-state index in [-0.39, 0.29) is 12.3 Å². The highest BCUT2D eigenvalue weighted by atomic mass is 16.6. The van der Waals surface area contributed by atoms with E-state index >= 15 is 0 Å². The molecule has 6 nitrogen and oxygen atoms in total. The van der Waals surface area contributed by atoms with Crippen molar-refractivity contribution in [3.63, 3.8) is 0 Å². The summed E-state index contributed by atoms with van der Waals surface area (Å²) in [5.74, 6) is 1.01. The molecule has 0 atom stereocenters. The Labute approximate surface area is 130 Å². The van der Waals surface area contributed by atoms with Crippen LogP contribution >= 0.6 is 0 Å². The quantitative estimate of drug-likeness (QED) is 0.874. The summed E-state index contributed by atoms with van der Waals surface area (Å²) in [6.07, 6.45) is 2.85. The average molecular weight is 309 g/mol. The molecule has 0 radical (unpaired) electrons. The lowest BCUT2D eigenvalue weighted by molar-refractivity contribution is 0.0534. The Balaban J connectivity index is 2.69. The number of carbonyl (C=O) groups is 1. The molecule has 1 rings (SSSR count). The first-order valence-electron chi connectivity index (χ1n) is 6.85. The van der Waals surface area contributed by atoms with E-state index in [0.717, 1.165) is 0 Å². The van der Waals surface area contributed by atoms with Gasteiger partial charge in [0.2, 0.25) is 0 Å². The van der Waals surface area contributed by atoms with Crippen molar-refractivity contribution in [1.82, 2.24) is 5.32 Å². The van der Waals surface area contributed by atoms with Crippen molar-refractivity contribution in [2.45, 2.75) is 26.4 Å². The van der Waals surface area contributed by atoms with E-state index < -0.39 is 11.7 Å². The second-order valence-corrected chi connectivity index (χ2v) is 5.55. The third-order valence-corrected chi connectivity index (χ3v) is 2.60. The first kappa shape index (κ1) is 17.7. The van der Waals surface area contributed by atoms with Gasteiger partial charge in [-0.15, -0.1) is 0 Å². The molecular weight excluding hydrogens is 286 g/mol. The average Bonchev–Trinajstić information content (AvgIpc) is 2.42. The van der Waals surface area contributed by atoms with Gasteiger partial charge in [-0.1, -0.05) is 6.08 Å². The molecule has 0 aromatic heterocycles. The largest absolute Gasteiger partial charge is 0.507 e. The van der Waals surface area contributed by atoms with Crippen LogP contribution in [0.15, 0.2) is 18.2 Å². The molecule has 0 saturated heterocycles. The zero-order chi connectivity index (χ0) is 16.8. The normalized spacial score (nSPS) is 11.3. The lowest BCUT2D eigenvalue weighted by Crippen LogP contribution is -2.32. The first-order valence-corrected chi connectivity index (χ1v) is 6.85. The molecule has 0 aliphatic rings. The first-order chi connectivity index (χ1) is 10.3. The summed E-state index contributed by atoms with van der Waals surface area (Å²) in [5.41, 5.74) is -0.0278. The van der Waals surface area contributed by atoms with Gasteiger partial charge in [-0.25, -0.2) is 4.79 Å². The van der Waals surface area contributed by atoms with Gasteiger partial charge in [-0.3, -0.25) is 0 Å². The predicted molar refractivity (Wildman–Crippen MR) is 84.5 cm³/mol. The molecule has 0 bridgehead atoms. The van der Waals surface area contributed by atoms with Gasteiger partial charge < -0.3 is 24.6 Å². The van der Waals surface area contributed by atoms with Gasteiger partial charge >= 0.3 is 6.09 Å². The Morgan fingerprint density at radius 2 is 1.95 bits per heavy atom. The van der Waals surface area contributed by atoms with E-state index in [1.54, 1.807) is 39.0 Å². The molecule has 0 spiro atoms. The Morgan fingerprint density at radius 1 is 1.27 bits per heavy atom. The molecule has 0 aliphatic carbocycles. The predicted octanol–water partition coefficient (Wildman–Crippen LogP) is 2.95. The summed E-state index contributed by atoms with van der Waals surface area (Å²) in [7, 11) is 3.01. The van der Waals surface area contributed by atoms with E-state index in [1.165, 1.54) is 20.3 Å². The molecule has 1 aromatic rings. The summed E-state index contributed by atoms with van der Waals surface area (Å²) in [4.78, 5) is 11.5. The molecule has 0 heterocycles. The van der Waals surface area contributed by atoms with Crippen LogP contribution in [0, 0.1) is 0 Å². The Bertz CT molecular complexity index is 546. The maximum Gasteiger partial charge on any atom is 0.407 e. The van der Waals surface area contributed by atoms with Crippen LogP contribution in [0.3, 0.4) is 0 Å². The molecule has 122 valence electrons. The number of rotatable bonds is 5. The number of alkyl carbamates (subject to hydrolysis) is 1. The SMILES string of the molecule is COc1cc(O)c(C=CCNC(=O)OC(C)(C)C)c(OC)c1. The number of phenolic OH excluding ortho intramolecular Hbond substituents is 1. The Morgan fingerprint density at radius 3 is 2.50 bits per heavy atom. The second-order valence-electron chi connectivity index (χ2n) is 5.55. The van der Waals surface area contributed by atoms with Crippen LogP contribution in [0.25, 0.3) is 6.08 Å². The van der Waals surface area contributed by atoms with Gasteiger partial charge in [0.25, 0.3) is 0 Å². The number of hydrogen-bond donors (Lipinski definition) is 2. The smallest absolute Gasteiger partial charge is 0.407 e. The fourth-order valence-corrected chi connectivity index (χ4v) is 1.67. The number of carbonyl (C=O) groups excluding carboxylic acids is 1. The van der Waals surface area contributed by atoms with Crippen LogP contribution in [-0.2, 0) is 4.74 Å². The van der Waals surface area contributed by atoms with E-state index in [4.69, 9.17) is 14.2 Å². The summed E-state index contributed by atoms with van der Waals surface area (Å²) in [6, 6.07) is 3.16. The second kappa shape index (κ2) is 7.59. The van der Waals surface area contributed by atoms with Gasteiger partial charge in [0.05, 0.1) is 19.8 Å². The third kappa shape index (κ3) is 5.55.